The van der Waals surface area contributed by atoms with Crippen LogP contribution in [0.25, 0.3) is 10.9 Å². The number of H-pyrrole nitrogens is 1. The molecular weight excluding hydrogens is 317 g/mol. The molecule has 2 nitrogen and oxygen atoms in total. The van der Waals surface area contributed by atoms with Crippen molar-refractivity contribution in [2.45, 2.75) is 0 Å². The Hall–Kier alpha value is -0.680. The molecule has 72 valence electrons. The molecule has 0 spiro atoms. The zero-order chi connectivity index (χ0) is 10.3. The van der Waals surface area contributed by atoms with Gasteiger partial charge in [-0.25, -0.2) is 4.39 Å². The van der Waals surface area contributed by atoms with Gasteiger partial charge < -0.3 is 4.98 Å². The van der Waals surface area contributed by atoms with Gasteiger partial charge >= 0.3 is 0 Å². The van der Waals surface area contributed by atoms with Crippen molar-refractivity contribution in [3.8, 4) is 0 Å². The fourth-order valence-electron chi connectivity index (χ4n) is 1.24. The van der Waals surface area contributed by atoms with Gasteiger partial charge in [-0.2, -0.15) is 0 Å². The Balaban J connectivity index is 3.09. The van der Waals surface area contributed by atoms with Gasteiger partial charge in [-0.15, -0.1) is 0 Å². The highest BCUT2D eigenvalue weighted by molar-refractivity contribution is 9.11. The highest BCUT2D eigenvalue weighted by atomic mass is 79.9. The van der Waals surface area contributed by atoms with Gasteiger partial charge in [0.1, 0.15) is 5.82 Å². The first-order chi connectivity index (χ1) is 6.61. The molecule has 2 rings (SSSR count). The van der Waals surface area contributed by atoms with Crippen LogP contribution in [0.1, 0.15) is 0 Å². The number of halogens is 3. The molecule has 5 heteroatoms. The quantitative estimate of drug-likeness (QED) is 0.794. The SMILES string of the molecule is O=c1c(Br)c[nH]c2c(Br)ccc(F)c12. The zero-order valence-electron chi connectivity index (χ0n) is 6.77. The standard InChI is InChI=1S/C9H4Br2FNO/c10-4-1-2-6(12)7-8(4)13-3-5(11)9(7)14/h1-3H,(H,13,14). The summed E-state index contributed by atoms with van der Waals surface area (Å²) < 4.78 is 14.3. The summed E-state index contributed by atoms with van der Waals surface area (Å²) in [6, 6.07) is 2.82. The van der Waals surface area contributed by atoms with E-state index in [4.69, 9.17) is 0 Å². The largest absolute Gasteiger partial charge is 0.359 e. The number of rotatable bonds is 0. The molecule has 0 unspecified atom stereocenters. The van der Waals surface area contributed by atoms with E-state index in [-0.39, 0.29) is 10.8 Å². The van der Waals surface area contributed by atoms with E-state index in [1.54, 1.807) is 6.07 Å². The summed E-state index contributed by atoms with van der Waals surface area (Å²) in [7, 11) is 0. The van der Waals surface area contributed by atoms with E-state index >= 15 is 0 Å². The molecule has 0 atom stereocenters. The maximum absolute atomic E-state index is 13.3. The first-order valence-electron chi connectivity index (χ1n) is 3.76. The number of pyridine rings is 1. The molecule has 0 fully saturated rings. The molecule has 0 radical (unpaired) electrons. The molecule has 0 saturated heterocycles. The van der Waals surface area contributed by atoms with Crippen LogP contribution in [-0.2, 0) is 0 Å². The summed E-state index contributed by atoms with van der Waals surface area (Å²) in [5, 5.41) is 0.0637. The summed E-state index contributed by atoms with van der Waals surface area (Å²) in [5.41, 5.74) is 0.121. The van der Waals surface area contributed by atoms with Crippen molar-refractivity contribution in [1.29, 1.82) is 0 Å². The molecule has 0 saturated carbocycles. The fourth-order valence-corrected chi connectivity index (χ4v) is 1.99. The zero-order valence-corrected chi connectivity index (χ0v) is 9.95. The summed E-state index contributed by atoms with van der Waals surface area (Å²) in [4.78, 5) is 14.4. The molecule has 1 aromatic carbocycles. The Morgan fingerprint density at radius 3 is 2.64 bits per heavy atom. The van der Waals surface area contributed by atoms with E-state index in [0.717, 1.165) is 0 Å². The molecule has 0 aliphatic heterocycles. The van der Waals surface area contributed by atoms with Crippen molar-refractivity contribution in [3.05, 3.63) is 43.3 Å². The van der Waals surface area contributed by atoms with Crippen molar-refractivity contribution in [1.82, 2.24) is 4.98 Å². The lowest BCUT2D eigenvalue weighted by atomic mass is 10.2. The molecule has 0 aliphatic carbocycles. The maximum atomic E-state index is 13.3. The van der Waals surface area contributed by atoms with E-state index in [1.807, 2.05) is 0 Å². The lowest BCUT2D eigenvalue weighted by Crippen LogP contribution is -2.05. The van der Waals surface area contributed by atoms with Gasteiger partial charge in [0.05, 0.1) is 15.4 Å². The van der Waals surface area contributed by atoms with Crippen molar-refractivity contribution in [3.63, 3.8) is 0 Å². The minimum atomic E-state index is -0.522. The first kappa shape index (κ1) is 9.86. The lowest BCUT2D eigenvalue weighted by molar-refractivity contribution is 0.638. The molecule has 14 heavy (non-hydrogen) atoms. The highest BCUT2D eigenvalue weighted by Crippen LogP contribution is 2.22. The smallest absolute Gasteiger partial charge is 0.206 e. The van der Waals surface area contributed by atoms with E-state index in [2.05, 4.69) is 36.8 Å². The van der Waals surface area contributed by atoms with Crippen LogP contribution < -0.4 is 5.43 Å². The van der Waals surface area contributed by atoms with Crippen LogP contribution in [0.3, 0.4) is 0 Å². The van der Waals surface area contributed by atoms with Crippen molar-refractivity contribution in [2.24, 2.45) is 0 Å². The third kappa shape index (κ3) is 1.40. The average Bonchev–Trinajstić information content (AvgIpc) is 2.16. The number of hydrogen-bond donors (Lipinski definition) is 1. The molecule has 0 bridgehead atoms. The summed E-state index contributed by atoms with van der Waals surface area (Å²) in [5.74, 6) is -0.522. The summed E-state index contributed by atoms with van der Waals surface area (Å²) >= 11 is 6.29. The van der Waals surface area contributed by atoms with E-state index in [9.17, 15) is 9.18 Å². The summed E-state index contributed by atoms with van der Waals surface area (Å²) in [6.07, 6.45) is 1.49. The van der Waals surface area contributed by atoms with Crippen molar-refractivity contribution >= 4 is 42.8 Å². The normalized spacial score (nSPS) is 10.8. The van der Waals surface area contributed by atoms with Crippen LogP contribution >= 0.6 is 31.9 Å². The van der Waals surface area contributed by atoms with Crippen LogP contribution in [0, 0.1) is 5.82 Å². The van der Waals surface area contributed by atoms with Gasteiger partial charge in [-0.05, 0) is 44.0 Å². The second-order valence-corrected chi connectivity index (χ2v) is 4.45. The van der Waals surface area contributed by atoms with Gasteiger partial charge in [-0.1, -0.05) is 0 Å². The predicted octanol–water partition coefficient (Wildman–Crippen LogP) is 3.19. The number of nitrogens with one attached hydrogen (secondary N) is 1. The van der Waals surface area contributed by atoms with Gasteiger partial charge in [0.25, 0.3) is 0 Å². The Morgan fingerprint density at radius 1 is 1.21 bits per heavy atom. The Labute approximate surface area is 95.4 Å². The first-order valence-corrected chi connectivity index (χ1v) is 5.35. The van der Waals surface area contributed by atoms with Crippen molar-refractivity contribution in [2.75, 3.05) is 0 Å². The minimum absolute atomic E-state index is 0.0637. The van der Waals surface area contributed by atoms with Gasteiger partial charge in [-0.3, -0.25) is 4.79 Å². The fraction of sp³-hybridized carbons (Fsp3) is 0. The van der Waals surface area contributed by atoms with Crippen LogP contribution in [0.4, 0.5) is 4.39 Å². The molecule has 1 N–H and O–H groups in total. The molecule has 1 heterocycles. The van der Waals surface area contributed by atoms with Crippen LogP contribution in [0.2, 0.25) is 0 Å². The van der Waals surface area contributed by atoms with Crippen molar-refractivity contribution < 1.29 is 4.39 Å². The van der Waals surface area contributed by atoms with E-state index < -0.39 is 5.82 Å². The van der Waals surface area contributed by atoms with E-state index in [0.29, 0.717) is 14.5 Å². The second-order valence-electron chi connectivity index (χ2n) is 2.74. The predicted molar refractivity (Wildman–Crippen MR) is 59.9 cm³/mol. The third-order valence-corrected chi connectivity index (χ3v) is 3.14. The number of aromatic amines is 1. The number of benzene rings is 1. The second kappa shape index (κ2) is 3.47. The molecule has 0 amide bonds. The van der Waals surface area contributed by atoms with Gasteiger partial charge in [0.15, 0.2) is 0 Å². The molecule has 1 aromatic heterocycles. The monoisotopic (exact) mass is 319 g/mol. The van der Waals surface area contributed by atoms with E-state index in [1.165, 1.54) is 12.3 Å². The molecule has 2 aromatic rings. The lowest BCUT2D eigenvalue weighted by Gasteiger charge is -2.01. The topological polar surface area (TPSA) is 32.9 Å². The maximum Gasteiger partial charge on any atom is 0.206 e. The minimum Gasteiger partial charge on any atom is -0.359 e. The highest BCUT2D eigenvalue weighted by Gasteiger charge is 2.09. The average molecular weight is 321 g/mol. The van der Waals surface area contributed by atoms with Gasteiger partial charge in [0, 0.05) is 10.7 Å². The number of hydrogen-bond acceptors (Lipinski definition) is 1. The summed E-state index contributed by atoms with van der Waals surface area (Å²) in [6.45, 7) is 0. The Morgan fingerprint density at radius 2 is 1.93 bits per heavy atom. The van der Waals surface area contributed by atoms with Crippen LogP contribution in [0.5, 0.6) is 0 Å². The van der Waals surface area contributed by atoms with Crippen LogP contribution in [-0.4, -0.2) is 4.98 Å². The third-order valence-electron chi connectivity index (χ3n) is 1.89. The number of fused-ring (bicyclic) bond motifs is 1. The van der Waals surface area contributed by atoms with Crippen LogP contribution in [0.15, 0.2) is 32.1 Å². The molecule has 0 aliphatic rings. The number of aromatic nitrogens is 1. The van der Waals surface area contributed by atoms with Gasteiger partial charge in [0.2, 0.25) is 5.43 Å². The Kier molecular flexibility index (Phi) is 2.45. The Bertz CT molecular complexity index is 564. The molecular formula is C9H4Br2FNO.